The first-order valence-electron chi connectivity index (χ1n) is 9.37. The second-order valence-electron chi connectivity index (χ2n) is 7.63. The number of quaternary nitrogens is 1. The normalized spacial score (nSPS) is 29.8. The molecule has 1 spiro atoms. The van der Waals surface area contributed by atoms with E-state index in [1.54, 1.807) is 6.07 Å². The Bertz CT molecular complexity index is 873. The van der Waals surface area contributed by atoms with E-state index in [-0.39, 0.29) is 11.9 Å². The van der Waals surface area contributed by atoms with Gasteiger partial charge in [-0.05, 0) is 12.1 Å². The number of piperidine rings is 1. The molecule has 1 fully saturated rings. The number of halogens is 1. The Morgan fingerprint density at radius 1 is 1.12 bits per heavy atom. The number of benzene rings is 2. The molecule has 5 rings (SSSR count). The molecular formula is C21H23FN3O+. The maximum atomic E-state index is 14.4. The molecule has 134 valence electrons. The van der Waals surface area contributed by atoms with Gasteiger partial charge in [0.1, 0.15) is 11.6 Å². The molecule has 3 aliphatic heterocycles. The highest BCUT2D eigenvalue weighted by Crippen LogP contribution is 2.49. The lowest BCUT2D eigenvalue weighted by atomic mass is 9.91. The van der Waals surface area contributed by atoms with Gasteiger partial charge in [-0.1, -0.05) is 36.4 Å². The van der Waals surface area contributed by atoms with Gasteiger partial charge >= 0.3 is 0 Å². The van der Waals surface area contributed by atoms with Crippen molar-refractivity contribution >= 4 is 5.71 Å². The lowest BCUT2D eigenvalue weighted by molar-refractivity contribution is -0.888. The third-order valence-corrected chi connectivity index (χ3v) is 5.98. The Kier molecular flexibility index (Phi) is 3.54. The Labute approximate surface area is 152 Å². The molecule has 0 bridgehead atoms. The van der Waals surface area contributed by atoms with E-state index in [2.05, 4.69) is 24.2 Å². The van der Waals surface area contributed by atoms with Crippen molar-refractivity contribution in [1.82, 2.24) is 5.01 Å². The predicted molar refractivity (Wildman–Crippen MR) is 97.8 cm³/mol. The molecule has 0 saturated carbocycles. The second kappa shape index (κ2) is 5.81. The van der Waals surface area contributed by atoms with Crippen molar-refractivity contribution in [2.75, 3.05) is 20.1 Å². The summed E-state index contributed by atoms with van der Waals surface area (Å²) in [6.45, 7) is 2.10. The number of hydrogen-bond donors (Lipinski definition) is 1. The van der Waals surface area contributed by atoms with Crippen LogP contribution in [0.15, 0.2) is 53.6 Å². The third kappa shape index (κ3) is 2.34. The first-order chi connectivity index (χ1) is 12.7. The summed E-state index contributed by atoms with van der Waals surface area (Å²) in [6.07, 6.45) is 2.57. The van der Waals surface area contributed by atoms with Crippen LogP contribution in [0.5, 0.6) is 5.75 Å². The largest absolute Gasteiger partial charge is 0.466 e. The standard InChI is InChI=1S/C21H22FN3O/c1-24-12-10-21(11-13-24)25-19(16-7-3-5-9-20(16)26-21)14-18(23-25)15-6-2-4-8-17(15)22/h2-9,19H,10-14H2,1H3/p+1/t19-/m1/s1. The molecule has 3 aliphatic rings. The minimum Gasteiger partial charge on any atom is -0.466 e. The van der Waals surface area contributed by atoms with Gasteiger partial charge in [0, 0.05) is 17.5 Å². The van der Waals surface area contributed by atoms with E-state index in [0.717, 1.165) is 43.0 Å². The zero-order valence-corrected chi connectivity index (χ0v) is 14.9. The molecular weight excluding hydrogens is 329 g/mol. The Hall–Kier alpha value is -2.40. The molecule has 0 unspecified atom stereocenters. The maximum absolute atomic E-state index is 14.4. The summed E-state index contributed by atoms with van der Waals surface area (Å²) in [4.78, 5) is 1.52. The number of para-hydroxylation sites is 1. The number of likely N-dealkylation sites (tertiary alicyclic amines) is 1. The predicted octanol–water partition coefficient (Wildman–Crippen LogP) is 2.37. The molecule has 4 nitrogen and oxygen atoms in total. The van der Waals surface area contributed by atoms with Gasteiger partial charge in [-0.15, -0.1) is 0 Å². The van der Waals surface area contributed by atoms with Gasteiger partial charge in [-0.2, -0.15) is 5.10 Å². The van der Waals surface area contributed by atoms with Gasteiger partial charge in [0.05, 0.1) is 44.7 Å². The summed E-state index contributed by atoms with van der Waals surface area (Å²) in [5.74, 6) is 0.750. The minimum absolute atomic E-state index is 0.118. The van der Waals surface area contributed by atoms with E-state index >= 15 is 0 Å². The molecule has 1 atom stereocenters. The highest BCUT2D eigenvalue weighted by molar-refractivity contribution is 6.02. The number of ether oxygens (including phenoxy) is 1. The number of hydrogen-bond acceptors (Lipinski definition) is 3. The average molecular weight is 352 g/mol. The molecule has 0 radical (unpaired) electrons. The summed E-state index contributed by atoms with van der Waals surface area (Å²) in [5.41, 5.74) is 2.16. The Morgan fingerprint density at radius 3 is 2.65 bits per heavy atom. The second-order valence-corrected chi connectivity index (χ2v) is 7.63. The van der Waals surface area contributed by atoms with Crippen LogP contribution in [-0.2, 0) is 0 Å². The van der Waals surface area contributed by atoms with E-state index < -0.39 is 5.72 Å². The van der Waals surface area contributed by atoms with Crippen molar-refractivity contribution in [2.45, 2.75) is 31.0 Å². The van der Waals surface area contributed by atoms with Crippen LogP contribution >= 0.6 is 0 Å². The highest BCUT2D eigenvalue weighted by atomic mass is 19.1. The maximum Gasteiger partial charge on any atom is 0.208 e. The van der Waals surface area contributed by atoms with Gasteiger partial charge in [0.25, 0.3) is 0 Å². The van der Waals surface area contributed by atoms with Crippen molar-refractivity contribution in [3.8, 4) is 5.75 Å². The van der Waals surface area contributed by atoms with Crippen molar-refractivity contribution < 1.29 is 14.0 Å². The molecule has 26 heavy (non-hydrogen) atoms. The summed E-state index contributed by atoms with van der Waals surface area (Å²) in [5, 5.41) is 7.06. The minimum atomic E-state index is -0.411. The molecule has 5 heteroatoms. The van der Waals surface area contributed by atoms with Gasteiger partial charge in [0.2, 0.25) is 5.72 Å². The van der Waals surface area contributed by atoms with Crippen molar-refractivity contribution in [2.24, 2.45) is 5.10 Å². The first-order valence-corrected chi connectivity index (χ1v) is 9.37. The molecule has 2 aromatic rings. The van der Waals surface area contributed by atoms with Crippen LogP contribution in [0.4, 0.5) is 4.39 Å². The summed E-state index contributed by atoms with van der Waals surface area (Å²) < 4.78 is 20.9. The fourth-order valence-corrected chi connectivity index (χ4v) is 4.48. The summed E-state index contributed by atoms with van der Waals surface area (Å²) >= 11 is 0. The van der Waals surface area contributed by atoms with Gasteiger partial charge in [0.15, 0.2) is 0 Å². The van der Waals surface area contributed by atoms with Gasteiger partial charge in [-0.25, -0.2) is 9.40 Å². The lowest BCUT2D eigenvalue weighted by Gasteiger charge is -2.49. The Balaban J connectivity index is 1.60. The first kappa shape index (κ1) is 15.8. The monoisotopic (exact) mass is 352 g/mol. The molecule has 1 saturated heterocycles. The Morgan fingerprint density at radius 2 is 1.85 bits per heavy atom. The summed E-state index contributed by atoms with van der Waals surface area (Å²) in [6, 6.07) is 15.3. The number of rotatable bonds is 1. The van der Waals surface area contributed by atoms with Crippen molar-refractivity contribution in [3.05, 3.63) is 65.5 Å². The van der Waals surface area contributed by atoms with Crippen LogP contribution in [0.1, 0.15) is 36.4 Å². The van der Waals surface area contributed by atoms with Gasteiger partial charge in [-0.3, -0.25) is 0 Å². The van der Waals surface area contributed by atoms with Crippen LogP contribution in [0.3, 0.4) is 0 Å². The molecule has 1 N–H and O–H groups in total. The van der Waals surface area contributed by atoms with E-state index in [4.69, 9.17) is 9.84 Å². The van der Waals surface area contributed by atoms with Crippen molar-refractivity contribution in [3.63, 3.8) is 0 Å². The molecule has 3 heterocycles. The van der Waals surface area contributed by atoms with Crippen LogP contribution in [0.25, 0.3) is 0 Å². The molecule has 0 aliphatic carbocycles. The highest BCUT2D eigenvalue weighted by Gasteiger charge is 2.52. The zero-order valence-electron chi connectivity index (χ0n) is 14.9. The van der Waals surface area contributed by atoms with Crippen LogP contribution in [-0.4, -0.2) is 36.6 Å². The van der Waals surface area contributed by atoms with E-state index in [1.165, 1.54) is 11.0 Å². The third-order valence-electron chi connectivity index (χ3n) is 5.98. The topological polar surface area (TPSA) is 29.3 Å². The van der Waals surface area contributed by atoms with E-state index in [9.17, 15) is 4.39 Å². The SMILES string of the molecule is C[NH+]1CCC2(CC1)Oc1ccccc1[C@H]1CC(c3ccccc3F)=NN12. The fourth-order valence-electron chi connectivity index (χ4n) is 4.48. The van der Waals surface area contributed by atoms with Crippen LogP contribution in [0.2, 0.25) is 0 Å². The smallest absolute Gasteiger partial charge is 0.208 e. The fraction of sp³-hybridized carbons (Fsp3) is 0.381. The number of nitrogens with one attached hydrogen (secondary N) is 1. The number of nitrogens with zero attached hydrogens (tertiary/aromatic N) is 2. The lowest BCUT2D eigenvalue weighted by Crippen LogP contribution is -3.11. The van der Waals surface area contributed by atoms with Crippen LogP contribution < -0.4 is 9.64 Å². The van der Waals surface area contributed by atoms with Crippen molar-refractivity contribution in [1.29, 1.82) is 0 Å². The van der Waals surface area contributed by atoms with E-state index in [0.29, 0.717) is 12.0 Å². The van der Waals surface area contributed by atoms with Crippen LogP contribution in [0, 0.1) is 5.82 Å². The molecule has 0 aromatic heterocycles. The quantitative estimate of drug-likeness (QED) is 0.854. The number of fused-ring (bicyclic) bond motifs is 4. The number of hydrazone groups is 1. The van der Waals surface area contributed by atoms with Gasteiger partial charge < -0.3 is 9.64 Å². The summed E-state index contributed by atoms with van der Waals surface area (Å²) in [7, 11) is 2.22. The van der Waals surface area contributed by atoms with E-state index in [1.807, 2.05) is 24.3 Å². The zero-order chi connectivity index (χ0) is 17.7. The average Bonchev–Trinajstić information content (AvgIpc) is 3.11. The molecule has 2 aromatic carbocycles. The molecule has 0 amide bonds.